The third-order valence-corrected chi connectivity index (χ3v) is 4.71. The van der Waals surface area contributed by atoms with Crippen molar-refractivity contribution in [2.24, 2.45) is 0 Å². The molecule has 0 aliphatic carbocycles. The molecule has 0 saturated carbocycles. The van der Waals surface area contributed by atoms with Crippen LogP contribution in [0.3, 0.4) is 0 Å². The number of rotatable bonds is 13. The first-order valence-electron chi connectivity index (χ1n) is 9.06. The largest absolute Gasteiger partial charge is 0.464 e. The van der Waals surface area contributed by atoms with Crippen LogP contribution >= 0.6 is 11.6 Å². The molecule has 1 unspecified atom stereocenters. The molecule has 0 aliphatic rings. The van der Waals surface area contributed by atoms with Crippen LogP contribution < -0.4 is 0 Å². The van der Waals surface area contributed by atoms with Crippen LogP contribution in [0.5, 0.6) is 0 Å². The molecule has 1 aromatic rings. The van der Waals surface area contributed by atoms with E-state index in [0.29, 0.717) is 5.69 Å². The zero-order valence-electron chi connectivity index (χ0n) is 14.7. The van der Waals surface area contributed by atoms with Gasteiger partial charge >= 0.3 is 5.97 Å². The van der Waals surface area contributed by atoms with Crippen molar-refractivity contribution in [2.45, 2.75) is 83.1 Å². The third-order valence-electron chi connectivity index (χ3n) is 4.28. The van der Waals surface area contributed by atoms with E-state index in [-0.39, 0.29) is 11.3 Å². The van der Waals surface area contributed by atoms with Gasteiger partial charge in [0.1, 0.15) is 5.69 Å². The monoisotopic (exact) mass is 341 g/mol. The van der Waals surface area contributed by atoms with Gasteiger partial charge in [-0.25, -0.2) is 4.79 Å². The number of esters is 1. The van der Waals surface area contributed by atoms with Crippen LogP contribution in [0.4, 0.5) is 0 Å². The molecule has 0 aliphatic heterocycles. The highest BCUT2D eigenvalue weighted by Gasteiger charge is 2.12. The Hall–Kier alpha value is -0.960. The maximum absolute atomic E-state index is 11.6. The average molecular weight is 342 g/mol. The average Bonchev–Trinajstić information content (AvgIpc) is 3.03. The maximum atomic E-state index is 11.6. The lowest BCUT2D eigenvalue weighted by molar-refractivity contribution is 0.0588. The zero-order chi connectivity index (χ0) is 16.9. The van der Waals surface area contributed by atoms with Crippen molar-refractivity contribution in [3.63, 3.8) is 0 Å². The second kappa shape index (κ2) is 12.5. The fraction of sp³-hybridized carbons (Fsp3) is 0.737. The summed E-state index contributed by atoms with van der Waals surface area (Å²) in [6.07, 6.45) is 14.5. The van der Waals surface area contributed by atoms with Gasteiger partial charge in [-0.3, -0.25) is 0 Å². The molecule has 1 heterocycles. The minimum atomic E-state index is -0.288. The first-order valence-corrected chi connectivity index (χ1v) is 9.50. The highest BCUT2D eigenvalue weighted by Crippen LogP contribution is 2.16. The summed E-state index contributed by atoms with van der Waals surface area (Å²) in [5.41, 5.74) is 0.600. The van der Waals surface area contributed by atoms with E-state index in [9.17, 15) is 4.79 Å². The van der Waals surface area contributed by atoms with Gasteiger partial charge in [0.05, 0.1) is 7.11 Å². The number of alkyl halides is 1. The molecule has 0 spiro atoms. The minimum absolute atomic E-state index is 0.183. The lowest BCUT2D eigenvalue weighted by Gasteiger charge is -2.12. The van der Waals surface area contributed by atoms with Gasteiger partial charge in [-0.2, -0.15) is 0 Å². The zero-order valence-corrected chi connectivity index (χ0v) is 15.5. The van der Waals surface area contributed by atoms with E-state index in [1.165, 1.54) is 58.5 Å². The van der Waals surface area contributed by atoms with Crippen molar-refractivity contribution >= 4 is 17.6 Å². The van der Waals surface area contributed by atoms with Gasteiger partial charge in [-0.15, -0.1) is 11.6 Å². The molecular formula is C19H32ClNO2. The molecule has 0 radical (unpaired) electrons. The molecule has 0 aromatic carbocycles. The number of methoxy groups -OCH3 is 1. The first-order chi connectivity index (χ1) is 11.2. The Kier molecular flexibility index (Phi) is 10.9. The highest BCUT2D eigenvalue weighted by atomic mass is 35.5. The second-order valence-electron chi connectivity index (χ2n) is 6.23. The molecule has 0 saturated heterocycles. The summed E-state index contributed by atoms with van der Waals surface area (Å²) in [5, 5.41) is 0.183. The Labute approximate surface area is 146 Å². The van der Waals surface area contributed by atoms with E-state index in [4.69, 9.17) is 16.3 Å². The molecule has 132 valence electrons. The summed E-state index contributed by atoms with van der Waals surface area (Å²) in [6, 6.07) is 3.65. The number of hydrogen-bond donors (Lipinski definition) is 0. The first kappa shape index (κ1) is 20.1. The highest BCUT2D eigenvalue weighted by molar-refractivity contribution is 6.20. The minimum Gasteiger partial charge on any atom is -0.464 e. The van der Waals surface area contributed by atoms with E-state index in [1.54, 1.807) is 6.07 Å². The lowest BCUT2D eigenvalue weighted by atomic mass is 10.1. The summed E-state index contributed by atoms with van der Waals surface area (Å²) in [6.45, 7) is 3.02. The molecule has 1 rings (SSSR count). The van der Waals surface area contributed by atoms with Gasteiger partial charge in [-0.1, -0.05) is 58.3 Å². The topological polar surface area (TPSA) is 31.2 Å². The normalized spacial score (nSPS) is 12.3. The van der Waals surface area contributed by atoms with Crippen LogP contribution in [-0.2, 0) is 11.3 Å². The SMILES string of the molecule is CCCCCCCCCCC(Cl)CCn1cccc1C(=O)OC. The van der Waals surface area contributed by atoms with Gasteiger partial charge < -0.3 is 9.30 Å². The van der Waals surface area contributed by atoms with Crippen molar-refractivity contribution in [1.82, 2.24) is 4.57 Å². The quantitative estimate of drug-likeness (QED) is 0.258. The number of aryl methyl sites for hydroxylation is 1. The fourth-order valence-corrected chi connectivity index (χ4v) is 3.07. The molecule has 0 bridgehead atoms. The van der Waals surface area contributed by atoms with Crippen molar-refractivity contribution in [3.8, 4) is 0 Å². The summed E-state index contributed by atoms with van der Waals surface area (Å²) in [7, 11) is 1.41. The number of aromatic nitrogens is 1. The van der Waals surface area contributed by atoms with Crippen molar-refractivity contribution in [1.29, 1.82) is 0 Å². The van der Waals surface area contributed by atoms with E-state index in [2.05, 4.69) is 6.92 Å². The number of unbranched alkanes of at least 4 members (excludes halogenated alkanes) is 7. The Morgan fingerprint density at radius 1 is 1.13 bits per heavy atom. The maximum Gasteiger partial charge on any atom is 0.354 e. The molecule has 23 heavy (non-hydrogen) atoms. The number of nitrogens with zero attached hydrogens (tertiary/aromatic N) is 1. The summed E-state index contributed by atoms with van der Waals surface area (Å²) >= 11 is 6.42. The molecule has 1 aromatic heterocycles. The van der Waals surface area contributed by atoms with Crippen molar-refractivity contribution in [2.75, 3.05) is 7.11 Å². The number of carbonyl (C=O) groups excluding carboxylic acids is 1. The van der Waals surface area contributed by atoms with E-state index in [1.807, 2.05) is 16.8 Å². The summed E-state index contributed by atoms with van der Waals surface area (Å²) < 4.78 is 6.70. The van der Waals surface area contributed by atoms with Crippen LogP contribution in [0.1, 0.15) is 81.6 Å². The molecule has 1 atom stereocenters. The fourth-order valence-electron chi connectivity index (χ4n) is 2.82. The molecule has 0 fully saturated rings. The Bertz CT molecular complexity index is 431. The van der Waals surface area contributed by atoms with Crippen LogP contribution in [0.15, 0.2) is 18.3 Å². The second-order valence-corrected chi connectivity index (χ2v) is 6.85. The number of hydrogen-bond acceptors (Lipinski definition) is 2. The van der Waals surface area contributed by atoms with E-state index in [0.717, 1.165) is 19.4 Å². The third kappa shape index (κ3) is 8.45. The molecule has 4 heteroatoms. The smallest absolute Gasteiger partial charge is 0.354 e. The molecule has 3 nitrogen and oxygen atoms in total. The standard InChI is InChI=1S/C19H32ClNO2/c1-3-4-5-6-7-8-9-10-12-17(20)14-16-21-15-11-13-18(21)19(22)23-2/h11,13,15,17H,3-10,12,14,16H2,1-2H3. The number of halogens is 1. The van der Waals surface area contributed by atoms with Gasteiger partial charge in [0, 0.05) is 18.1 Å². The Morgan fingerprint density at radius 2 is 1.78 bits per heavy atom. The van der Waals surface area contributed by atoms with E-state index >= 15 is 0 Å². The van der Waals surface area contributed by atoms with Gasteiger partial charge in [-0.05, 0) is 25.0 Å². The number of ether oxygens (including phenoxy) is 1. The predicted molar refractivity (Wildman–Crippen MR) is 97.3 cm³/mol. The number of carbonyl (C=O) groups is 1. The Balaban J connectivity index is 2.10. The van der Waals surface area contributed by atoms with Crippen LogP contribution in [0, 0.1) is 0 Å². The van der Waals surface area contributed by atoms with Crippen molar-refractivity contribution < 1.29 is 9.53 Å². The van der Waals surface area contributed by atoms with Crippen LogP contribution in [-0.4, -0.2) is 23.0 Å². The van der Waals surface area contributed by atoms with E-state index < -0.39 is 0 Å². The van der Waals surface area contributed by atoms with Crippen molar-refractivity contribution in [3.05, 3.63) is 24.0 Å². The Morgan fingerprint density at radius 3 is 2.43 bits per heavy atom. The summed E-state index contributed by atoms with van der Waals surface area (Å²) in [4.78, 5) is 11.6. The van der Waals surface area contributed by atoms with Gasteiger partial charge in [0.25, 0.3) is 0 Å². The summed E-state index contributed by atoms with van der Waals surface area (Å²) in [5.74, 6) is -0.288. The van der Waals surface area contributed by atoms with Crippen LogP contribution in [0.25, 0.3) is 0 Å². The molecular weight excluding hydrogens is 310 g/mol. The molecule has 0 amide bonds. The van der Waals surface area contributed by atoms with Gasteiger partial charge in [0.2, 0.25) is 0 Å². The predicted octanol–water partition coefficient (Wildman–Crippen LogP) is 5.80. The van der Waals surface area contributed by atoms with Gasteiger partial charge in [0.15, 0.2) is 0 Å². The van der Waals surface area contributed by atoms with Crippen LogP contribution in [0.2, 0.25) is 0 Å². The molecule has 0 N–H and O–H groups in total. The lowest BCUT2D eigenvalue weighted by Crippen LogP contribution is -2.12.